The van der Waals surface area contributed by atoms with Crippen molar-refractivity contribution in [1.29, 1.82) is 0 Å². The van der Waals surface area contributed by atoms with Crippen LogP contribution in [0.25, 0.3) is 11.4 Å². The summed E-state index contributed by atoms with van der Waals surface area (Å²) in [4.78, 5) is 8.72. The number of aromatic nitrogens is 2. The summed E-state index contributed by atoms with van der Waals surface area (Å²) in [6.45, 7) is 4.07. The summed E-state index contributed by atoms with van der Waals surface area (Å²) in [5.41, 5.74) is 3.28. The van der Waals surface area contributed by atoms with Crippen LogP contribution in [0.5, 0.6) is 11.8 Å². The van der Waals surface area contributed by atoms with Crippen LogP contribution in [0.2, 0.25) is 0 Å². The lowest BCUT2D eigenvalue weighted by Gasteiger charge is -2.09. The molecular weight excluding hydrogens is 228 g/mol. The molecule has 4 heteroatoms. The van der Waals surface area contributed by atoms with E-state index >= 15 is 0 Å². The van der Waals surface area contributed by atoms with Gasteiger partial charge in [-0.2, -0.15) is 9.97 Å². The largest absolute Gasteiger partial charge is 0.481 e. The van der Waals surface area contributed by atoms with E-state index in [9.17, 15) is 0 Å². The van der Waals surface area contributed by atoms with E-state index in [0.717, 1.165) is 11.1 Å². The quantitative estimate of drug-likeness (QED) is 0.832. The maximum absolute atomic E-state index is 5.16. The molecule has 0 saturated carbocycles. The van der Waals surface area contributed by atoms with Gasteiger partial charge in [0.15, 0.2) is 5.82 Å². The van der Waals surface area contributed by atoms with Gasteiger partial charge in [-0.1, -0.05) is 17.7 Å². The lowest BCUT2D eigenvalue weighted by atomic mass is 10.1. The van der Waals surface area contributed by atoms with Crippen molar-refractivity contribution in [3.8, 4) is 23.1 Å². The molecule has 18 heavy (non-hydrogen) atoms. The molecule has 94 valence electrons. The van der Waals surface area contributed by atoms with Crippen molar-refractivity contribution in [2.24, 2.45) is 0 Å². The minimum atomic E-state index is 0.498. The van der Waals surface area contributed by atoms with Crippen LogP contribution in [-0.4, -0.2) is 24.2 Å². The maximum Gasteiger partial charge on any atom is 0.220 e. The van der Waals surface area contributed by atoms with Crippen molar-refractivity contribution in [2.75, 3.05) is 14.2 Å². The van der Waals surface area contributed by atoms with Gasteiger partial charge in [0.05, 0.1) is 20.3 Å². The summed E-state index contributed by atoms with van der Waals surface area (Å²) in [6.07, 6.45) is 0. The van der Waals surface area contributed by atoms with Gasteiger partial charge < -0.3 is 9.47 Å². The number of rotatable bonds is 3. The highest BCUT2D eigenvalue weighted by Gasteiger charge is 2.10. The molecule has 0 fully saturated rings. The molecule has 0 aliphatic rings. The van der Waals surface area contributed by atoms with E-state index in [2.05, 4.69) is 28.2 Å². The number of methoxy groups -OCH3 is 2. The first-order chi connectivity index (χ1) is 8.63. The molecule has 0 aliphatic heterocycles. The topological polar surface area (TPSA) is 44.2 Å². The third-order valence-corrected chi connectivity index (χ3v) is 2.73. The fourth-order valence-electron chi connectivity index (χ4n) is 1.71. The third kappa shape index (κ3) is 2.42. The van der Waals surface area contributed by atoms with Crippen LogP contribution < -0.4 is 9.47 Å². The number of hydrogen-bond acceptors (Lipinski definition) is 4. The van der Waals surface area contributed by atoms with Crippen molar-refractivity contribution in [2.45, 2.75) is 13.8 Å². The second kappa shape index (κ2) is 5.04. The van der Waals surface area contributed by atoms with Gasteiger partial charge in [0, 0.05) is 5.56 Å². The lowest BCUT2D eigenvalue weighted by molar-refractivity contribution is 0.372. The van der Waals surface area contributed by atoms with Crippen molar-refractivity contribution < 1.29 is 9.47 Å². The Morgan fingerprint density at radius 1 is 0.889 bits per heavy atom. The Bertz CT molecular complexity index is 545. The van der Waals surface area contributed by atoms with Crippen LogP contribution in [0, 0.1) is 13.8 Å². The molecule has 1 aromatic heterocycles. The number of benzene rings is 1. The smallest absolute Gasteiger partial charge is 0.220 e. The molecule has 0 radical (unpaired) electrons. The number of aryl methyl sites for hydroxylation is 2. The van der Waals surface area contributed by atoms with E-state index in [-0.39, 0.29) is 0 Å². The van der Waals surface area contributed by atoms with Crippen LogP contribution in [0.1, 0.15) is 11.1 Å². The molecule has 2 aromatic rings. The van der Waals surface area contributed by atoms with Gasteiger partial charge in [0.2, 0.25) is 11.8 Å². The first-order valence-electron chi connectivity index (χ1n) is 5.68. The predicted octanol–water partition coefficient (Wildman–Crippen LogP) is 2.78. The minimum Gasteiger partial charge on any atom is -0.481 e. The standard InChI is InChI=1S/C14H16N2O2/c1-9-5-6-10(2)11(7-9)14-15-12(17-3)8-13(16-14)18-4/h5-8H,1-4H3. The van der Waals surface area contributed by atoms with Crippen LogP contribution in [0.4, 0.5) is 0 Å². The number of nitrogens with zero attached hydrogens (tertiary/aromatic N) is 2. The molecule has 0 amide bonds. The average molecular weight is 244 g/mol. The zero-order valence-corrected chi connectivity index (χ0v) is 11.0. The van der Waals surface area contributed by atoms with E-state index in [4.69, 9.17) is 9.47 Å². The Hall–Kier alpha value is -2.10. The zero-order chi connectivity index (χ0) is 13.1. The van der Waals surface area contributed by atoms with E-state index in [1.807, 2.05) is 13.8 Å². The van der Waals surface area contributed by atoms with Gasteiger partial charge in [-0.05, 0) is 25.5 Å². The predicted molar refractivity (Wildman–Crippen MR) is 70.0 cm³/mol. The van der Waals surface area contributed by atoms with Crippen LogP contribution >= 0.6 is 0 Å². The Labute approximate surface area is 107 Å². The van der Waals surface area contributed by atoms with E-state index in [1.165, 1.54) is 5.56 Å². The highest BCUT2D eigenvalue weighted by molar-refractivity contribution is 5.61. The fraction of sp³-hybridized carbons (Fsp3) is 0.286. The molecule has 2 rings (SSSR count). The Kier molecular flexibility index (Phi) is 3.46. The second-order valence-electron chi connectivity index (χ2n) is 4.09. The molecule has 0 bridgehead atoms. The summed E-state index contributed by atoms with van der Waals surface area (Å²) < 4.78 is 10.3. The van der Waals surface area contributed by atoms with Crippen molar-refractivity contribution in [1.82, 2.24) is 9.97 Å². The summed E-state index contributed by atoms with van der Waals surface area (Å²) in [5.74, 6) is 1.61. The van der Waals surface area contributed by atoms with Crippen LogP contribution in [0.3, 0.4) is 0 Å². The fourth-order valence-corrected chi connectivity index (χ4v) is 1.71. The van der Waals surface area contributed by atoms with Gasteiger partial charge in [-0.25, -0.2) is 0 Å². The number of hydrogen-bond donors (Lipinski definition) is 0. The normalized spacial score (nSPS) is 10.2. The Balaban J connectivity index is 2.58. The summed E-state index contributed by atoms with van der Waals surface area (Å²) in [6, 6.07) is 7.84. The lowest BCUT2D eigenvalue weighted by Crippen LogP contribution is -1.98. The zero-order valence-electron chi connectivity index (χ0n) is 11.0. The average Bonchev–Trinajstić information content (AvgIpc) is 2.40. The Morgan fingerprint density at radius 3 is 2.06 bits per heavy atom. The molecule has 1 aromatic carbocycles. The molecule has 0 spiro atoms. The van der Waals surface area contributed by atoms with E-state index in [0.29, 0.717) is 17.6 Å². The van der Waals surface area contributed by atoms with Crippen molar-refractivity contribution in [3.05, 3.63) is 35.4 Å². The molecular formula is C14H16N2O2. The van der Waals surface area contributed by atoms with Gasteiger partial charge in [-0.15, -0.1) is 0 Å². The number of ether oxygens (including phenoxy) is 2. The molecule has 0 aliphatic carbocycles. The van der Waals surface area contributed by atoms with Gasteiger partial charge in [0.25, 0.3) is 0 Å². The highest BCUT2D eigenvalue weighted by Crippen LogP contribution is 2.25. The van der Waals surface area contributed by atoms with Crippen molar-refractivity contribution in [3.63, 3.8) is 0 Å². The minimum absolute atomic E-state index is 0.498. The molecule has 0 N–H and O–H groups in total. The van der Waals surface area contributed by atoms with Crippen LogP contribution in [0.15, 0.2) is 24.3 Å². The highest BCUT2D eigenvalue weighted by atomic mass is 16.5. The van der Waals surface area contributed by atoms with Gasteiger partial charge in [-0.3, -0.25) is 0 Å². The first-order valence-corrected chi connectivity index (χ1v) is 5.68. The van der Waals surface area contributed by atoms with Crippen molar-refractivity contribution >= 4 is 0 Å². The SMILES string of the molecule is COc1cc(OC)nc(-c2cc(C)ccc2C)n1. The van der Waals surface area contributed by atoms with Gasteiger partial charge in [0.1, 0.15) is 0 Å². The molecule has 0 unspecified atom stereocenters. The summed E-state index contributed by atoms with van der Waals surface area (Å²) in [7, 11) is 3.16. The summed E-state index contributed by atoms with van der Waals surface area (Å²) in [5, 5.41) is 0. The molecule has 0 atom stereocenters. The summed E-state index contributed by atoms with van der Waals surface area (Å²) >= 11 is 0. The monoisotopic (exact) mass is 244 g/mol. The van der Waals surface area contributed by atoms with Gasteiger partial charge >= 0.3 is 0 Å². The molecule has 1 heterocycles. The molecule has 4 nitrogen and oxygen atoms in total. The van der Waals surface area contributed by atoms with Crippen LogP contribution in [-0.2, 0) is 0 Å². The molecule has 0 saturated heterocycles. The maximum atomic E-state index is 5.16. The first kappa shape index (κ1) is 12.4. The third-order valence-electron chi connectivity index (χ3n) is 2.73. The van der Waals surface area contributed by atoms with E-state index in [1.54, 1.807) is 20.3 Å². The van der Waals surface area contributed by atoms with E-state index < -0.39 is 0 Å². The Morgan fingerprint density at radius 2 is 1.50 bits per heavy atom. The second-order valence-corrected chi connectivity index (χ2v) is 4.09.